The molecule has 1 aliphatic heterocycles. The topological polar surface area (TPSA) is 98.2 Å². The Morgan fingerprint density at radius 1 is 1.05 bits per heavy atom. The Morgan fingerprint density at radius 3 is 2.50 bits per heavy atom. The molecule has 0 saturated carbocycles. The molecule has 42 heavy (non-hydrogen) atoms. The van der Waals surface area contributed by atoms with Crippen LogP contribution in [0.4, 0.5) is 9.52 Å². The third-order valence-corrected chi connectivity index (χ3v) is 7.91. The van der Waals surface area contributed by atoms with Crippen LogP contribution in [0.25, 0.3) is 16.0 Å². The number of methoxy groups -OCH3 is 1. The number of ketones is 1. The number of amides is 1. The zero-order valence-electron chi connectivity index (χ0n) is 23.7. The number of carbonyl (C=O) groups is 2. The fourth-order valence-electron chi connectivity index (χ4n) is 4.73. The van der Waals surface area contributed by atoms with Crippen LogP contribution in [0.5, 0.6) is 17.2 Å². The van der Waals surface area contributed by atoms with E-state index in [9.17, 15) is 19.1 Å². The summed E-state index contributed by atoms with van der Waals surface area (Å²) in [5.41, 5.74) is 1.22. The molecule has 0 spiro atoms. The van der Waals surface area contributed by atoms with Crippen molar-refractivity contribution in [1.29, 1.82) is 0 Å². The molecule has 1 atom stereocenters. The average molecular weight is 591 g/mol. The number of hydrogen-bond acceptors (Lipinski definition) is 8. The number of rotatable bonds is 10. The van der Waals surface area contributed by atoms with Crippen LogP contribution in [-0.2, 0) is 9.59 Å². The Kier molecular flexibility index (Phi) is 8.44. The quantitative estimate of drug-likeness (QED) is 0.122. The minimum atomic E-state index is -1.04. The number of hydrogen-bond donors (Lipinski definition) is 1. The van der Waals surface area contributed by atoms with Crippen LogP contribution in [0.1, 0.15) is 44.4 Å². The molecule has 2 heterocycles. The van der Waals surface area contributed by atoms with Gasteiger partial charge in [-0.05, 0) is 79.4 Å². The lowest BCUT2D eigenvalue weighted by molar-refractivity contribution is -0.132. The zero-order chi connectivity index (χ0) is 30.0. The Balaban J connectivity index is 1.67. The van der Waals surface area contributed by atoms with Gasteiger partial charge in [-0.2, -0.15) is 0 Å². The first kappa shape index (κ1) is 29.1. The minimum Gasteiger partial charge on any atom is -0.507 e. The summed E-state index contributed by atoms with van der Waals surface area (Å²) in [4.78, 5) is 33.0. The summed E-state index contributed by atoms with van der Waals surface area (Å²) >= 11 is 1.08. The number of fused-ring (bicyclic) bond motifs is 1. The number of halogens is 1. The summed E-state index contributed by atoms with van der Waals surface area (Å²) < 4.78 is 31.6. The van der Waals surface area contributed by atoms with Crippen molar-refractivity contribution < 1.29 is 33.3 Å². The van der Waals surface area contributed by atoms with Gasteiger partial charge in [0, 0.05) is 5.56 Å². The highest BCUT2D eigenvalue weighted by Crippen LogP contribution is 2.46. The lowest BCUT2D eigenvalue weighted by atomic mass is 9.95. The van der Waals surface area contributed by atoms with Crippen molar-refractivity contribution in [3.8, 4) is 17.2 Å². The van der Waals surface area contributed by atoms with Crippen LogP contribution in [0, 0.1) is 11.7 Å². The summed E-state index contributed by atoms with van der Waals surface area (Å²) in [6, 6.07) is 14.8. The molecule has 1 aromatic heterocycles. The second kappa shape index (κ2) is 12.2. The van der Waals surface area contributed by atoms with Crippen molar-refractivity contribution in [2.75, 3.05) is 25.2 Å². The first-order chi connectivity index (χ1) is 20.2. The third-order valence-electron chi connectivity index (χ3n) is 6.89. The molecule has 1 aliphatic rings. The van der Waals surface area contributed by atoms with Gasteiger partial charge < -0.3 is 19.3 Å². The lowest BCUT2D eigenvalue weighted by Gasteiger charge is -2.24. The molecule has 1 saturated heterocycles. The van der Waals surface area contributed by atoms with Gasteiger partial charge in [-0.15, -0.1) is 0 Å². The van der Waals surface area contributed by atoms with Gasteiger partial charge in [-0.3, -0.25) is 14.5 Å². The minimum absolute atomic E-state index is 0.105. The smallest absolute Gasteiger partial charge is 0.301 e. The van der Waals surface area contributed by atoms with Crippen LogP contribution in [0.15, 0.2) is 66.2 Å². The number of Topliss-reactive ketones (excluding diaryl/α,β-unsaturated/α-hetero) is 1. The van der Waals surface area contributed by atoms with Gasteiger partial charge in [0.25, 0.3) is 5.78 Å². The first-order valence-electron chi connectivity index (χ1n) is 13.6. The summed E-state index contributed by atoms with van der Waals surface area (Å²) in [5.74, 6) is -0.502. The molecule has 0 bridgehead atoms. The van der Waals surface area contributed by atoms with E-state index in [0.29, 0.717) is 57.7 Å². The average Bonchev–Trinajstić information content (AvgIpc) is 3.50. The molecule has 1 amide bonds. The molecule has 0 radical (unpaired) electrons. The number of aliphatic hydroxyl groups excluding tert-OH is 1. The van der Waals surface area contributed by atoms with Gasteiger partial charge in [0.1, 0.15) is 17.3 Å². The number of ether oxygens (including phenoxy) is 3. The number of carbonyl (C=O) groups excluding carboxylic acids is 2. The summed E-state index contributed by atoms with van der Waals surface area (Å²) in [7, 11) is 1.52. The van der Waals surface area contributed by atoms with Crippen LogP contribution < -0.4 is 19.1 Å². The van der Waals surface area contributed by atoms with Crippen LogP contribution in [0.2, 0.25) is 0 Å². The van der Waals surface area contributed by atoms with E-state index in [1.807, 2.05) is 6.92 Å². The predicted octanol–water partition coefficient (Wildman–Crippen LogP) is 6.89. The van der Waals surface area contributed by atoms with Gasteiger partial charge >= 0.3 is 5.91 Å². The maximum absolute atomic E-state index is 14.0. The van der Waals surface area contributed by atoms with E-state index in [2.05, 4.69) is 18.8 Å². The third kappa shape index (κ3) is 5.67. The van der Waals surface area contributed by atoms with E-state index in [1.165, 1.54) is 30.2 Å². The van der Waals surface area contributed by atoms with Crippen molar-refractivity contribution in [3.63, 3.8) is 0 Å². The van der Waals surface area contributed by atoms with Gasteiger partial charge in [0.2, 0.25) is 0 Å². The van der Waals surface area contributed by atoms with Crippen molar-refractivity contribution >= 4 is 44.1 Å². The molecular weight excluding hydrogens is 559 g/mol. The highest BCUT2D eigenvalue weighted by molar-refractivity contribution is 7.22. The van der Waals surface area contributed by atoms with E-state index >= 15 is 0 Å². The standard InChI is InChI=1S/C32H31FN2O6S/c1-5-40-25-16-20(8-13-24(25)41-15-14-18(2)3)28-27(29(36)19-6-10-22(39-4)11-7-19)30(37)31(38)35(28)32-34-23-12-9-21(33)17-26(23)42-32/h6-13,16-18,28,36H,5,14-15H2,1-4H3/b29-27+. The molecule has 5 rings (SSSR count). The highest BCUT2D eigenvalue weighted by atomic mass is 32.1. The molecule has 1 unspecified atom stereocenters. The van der Waals surface area contributed by atoms with Crippen molar-refractivity contribution in [2.24, 2.45) is 5.92 Å². The van der Waals surface area contributed by atoms with Gasteiger partial charge in [-0.25, -0.2) is 9.37 Å². The summed E-state index contributed by atoms with van der Waals surface area (Å²) in [5, 5.41) is 11.7. The maximum Gasteiger partial charge on any atom is 0.301 e. The summed E-state index contributed by atoms with van der Waals surface area (Å²) in [6.07, 6.45) is 0.855. The molecule has 1 N–H and O–H groups in total. The van der Waals surface area contributed by atoms with E-state index in [-0.39, 0.29) is 16.5 Å². The number of anilines is 1. The van der Waals surface area contributed by atoms with Crippen LogP contribution >= 0.6 is 11.3 Å². The number of thiazole rings is 1. The predicted molar refractivity (Wildman–Crippen MR) is 160 cm³/mol. The van der Waals surface area contributed by atoms with E-state index < -0.39 is 23.5 Å². The van der Waals surface area contributed by atoms with Crippen LogP contribution in [-0.4, -0.2) is 42.1 Å². The maximum atomic E-state index is 14.0. The highest BCUT2D eigenvalue weighted by Gasteiger charge is 2.48. The lowest BCUT2D eigenvalue weighted by Crippen LogP contribution is -2.29. The van der Waals surface area contributed by atoms with Crippen molar-refractivity contribution in [1.82, 2.24) is 4.98 Å². The first-order valence-corrected chi connectivity index (χ1v) is 14.4. The molecular formula is C32H31FN2O6S. The normalized spacial score (nSPS) is 16.4. The number of benzene rings is 3. The van der Waals surface area contributed by atoms with Gasteiger partial charge in [0.05, 0.1) is 42.2 Å². The second-order valence-corrected chi connectivity index (χ2v) is 11.2. The number of aromatic nitrogens is 1. The largest absolute Gasteiger partial charge is 0.507 e. The Morgan fingerprint density at radius 2 is 1.81 bits per heavy atom. The van der Waals surface area contributed by atoms with Crippen molar-refractivity contribution in [2.45, 2.75) is 33.2 Å². The monoisotopic (exact) mass is 590 g/mol. The molecule has 1 fully saturated rings. The fourth-order valence-corrected chi connectivity index (χ4v) is 5.74. The molecule has 3 aromatic carbocycles. The number of nitrogens with zero attached hydrogens (tertiary/aromatic N) is 2. The Hall–Kier alpha value is -4.44. The van der Waals surface area contributed by atoms with E-state index in [0.717, 1.165) is 17.8 Å². The van der Waals surface area contributed by atoms with E-state index in [1.54, 1.807) is 42.5 Å². The SMILES string of the molecule is CCOc1cc(C2/C(=C(\O)c3ccc(OC)cc3)C(=O)C(=O)N2c2nc3ccc(F)cc3s2)ccc1OCCC(C)C. The number of aliphatic hydroxyl groups is 1. The van der Waals surface area contributed by atoms with Crippen LogP contribution in [0.3, 0.4) is 0 Å². The molecule has 0 aliphatic carbocycles. The molecule has 218 valence electrons. The zero-order valence-corrected chi connectivity index (χ0v) is 24.5. The molecule has 8 nitrogen and oxygen atoms in total. The Bertz CT molecular complexity index is 1660. The van der Waals surface area contributed by atoms with E-state index in [4.69, 9.17) is 14.2 Å². The molecule has 4 aromatic rings. The Labute approximate surface area is 247 Å². The molecule has 10 heteroatoms. The second-order valence-electron chi connectivity index (χ2n) is 10.2. The summed E-state index contributed by atoms with van der Waals surface area (Å²) in [6.45, 7) is 6.92. The van der Waals surface area contributed by atoms with Crippen molar-refractivity contribution in [3.05, 3.63) is 83.2 Å². The van der Waals surface area contributed by atoms with Gasteiger partial charge in [0.15, 0.2) is 16.6 Å². The fraction of sp³-hybridized carbons (Fsp3) is 0.281. The van der Waals surface area contributed by atoms with Gasteiger partial charge in [-0.1, -0.05) is 31.3 Å².